The van der Waals surface area contributed by atoms with Gasteiger partial charge in [-0.15, -0.1) is 5.10 Å². The predicted molar refractivity (Wildman–Crippen MR) is 72.1 cm³/mol. The average molecular weight is 315 g/mol. The van der Waals surface area contributed by atoms with Crippen molar-refractivity contribution >= 4 is 29.0 Å². The highest BCUT2D eigenvalue weighted by atomic mass is 35.5. The van der Waals surface area contributed by atoms with Crippen molar-refractivity contribution in [3.8, 4) is 0 Å². The van der Waals surface area contributed by atoms with E-state index in [0.717, 1.165) is 0 Å². The van der Waals surface area contributed by atoms with Gasteiger partial charge in [0.05, 0.1) is 18.1 Å². The van der Waals surface area contributed by atoms with E-state index in [0.29, 0.717) is 12.3 Å². The predicted octanol–water partition coefficient (Wildman–Crippen LogP) is 1.41. The number of nitrogens with zero attached hydrogens (tertiary/aromatic N) is 4. The molecule has 10 nitrogen and oxygen atoms in total. The SMILES string of the molecule is CCOCn1cc(NC(=O)c2n[nH]c([N+](=O)[O-])c2Cl)cn1. The van der Waals surface area contributed by atoms with Crippen LogP contribution in [-0.2, 0) is 11.5 Å². The summed E-state index contributed by atoms with van der Waals surface area (Å²) in [5.74, 6) is -1.21. The quantitative estimate of drug-likeness (QED) is 0.613. The van der Waals surface area contributed by atoms with Crippen molar-refractivity contribution < 1.29 is 14.5 Å². The summed E-state index contributed by atoms with van der Waals surface area (Å²) in [4.78, 5) is 21.8. The molecule has 0 radical (unpaired) electrons. The van der Waals surface area contributed by atoms with Crippen LogP contribution in [0.25, 0.3) is 0 Å². The summed E-state index contributed by atoms with van der Waals surface area (Å²) in [7, 11) is 0. The number of anilines is 1. The monoisotopic (exact) mass is 314 g/mol. The summed E-state index contributed by atoms with van der Waals surface area (Å²) in [6.45, 7) is 2.63. The van der Waals surface area contributed by atoms with Gasteiger partial charge in [0.2, 0.25) is 0 Å². The molecule has 2 heterocycles. The van der Waals surface area contributed by atoms with E-state index in [1.54, 1.807) is 6.20 Å². The summed E-state index contributed by atoms with van der Waals surface area (Å²) < 4.78 is 6.63. The van der Waals surface area contributed by atoms with Crippen molar-refractivity contribution in [3.05, 3.63) is 33.2 Å². The molecular formula is C10H11ClN6O4. The van der Waals surface area contributed by atoms with Gasteiger partial charge in [-0.1, -0.05) is 16.7 Å². The fraction of sp³-hybridized carbons (Fsp3) is 0.300. The minimum Gasteiger partial charge on any atom is -0.360 e. The van der Waals surface area contributed by atoms with Gasteiger partial charge in [-0.3, -0.25) is 4.79 Å². The van der Waals surface area contributed by atoms with Gasteiger partial charge in [0.15, 0.2) is 10.7 Å². The van der Waals surface area contributed by atoms with Crippen LogP contribution in [0.4, 0.5) is 11.5 Å². The van der Waals surface area contributed by atoms with Crippen LogP contribution in [0.1, 0.15) is 17.4 Å². The van der Waals surface area contributed by atoms with Gasteiger partial charge < -0.3 is 20.2 Å². The standard InChI is InChI=1S/C10H11ClN6O4/c1-2-21-5-16-4-6(3-12-16)13-10(18)8-7(11)9(15-14-8)17(19)20/h3-4H,2,5H2,1H3,(H,13,18)(H,14,15). The van der Waals surface area contributed by atoms with Gasteiger partial charge in [0.25, 0.3) is 5.91 Å². The van der Waals surface area contributed by atoms with Crippen molar-refractivity contribution in [2.75, 3.05) is 11.9 Å². The Kier molecular flexibility index (Phi) is 4.50. The summed E-state index contributed by atoms with van der Waals surface area (Å²) in [6.07, 6.45) is 2.95. The van der Waals surface area contributed by atoms with Crippen molar-refractivity contribution in [3.63, 3.8) is 0 Å². The second kappa shape index (κ2) is 6.33. The average Bonchev–Trinajstić information content (AvgIpc) is 3.03. The Bertz CT molecular complexity index is 666. The Labute approximate surface area is 123 Å². The summed E-state index contributed by atoms with van der Waals surface area (Å²) in [6, 6.07) is 0. The number of halogens is 1. The molecule has 1 amide bonds. The van der Waals surface area contributed by atoms with E-state index in [1.165, 1.54) is 10.9 Å². The van der Waals surface area contributed by atoms with Crippen molar-refractivity contribution in [1.29, 1.82) is 0 Å². The lowest BCUT2D eigenvalue weighted by Gasteiger charge is -2.00. The Balaban J connectivity index is 2.07. The molecule has 0 aromatic carbocycles. The highest BCUT2D eigenvalue weighted by Crippen LogP contribution is 2.25. The van der Waals surface area contributed by atoms with Gasteiger partial charge in [0.1, 0.15) is 6.73 Å². The lowest BCUT2D eigenvalue weighted by molar-refractivity contribution is -0.389. The number of ether oxygens (including phenoxy) is 1. The molecular weight excluding hydrogens is 304 g/mol. The number of amides is 1. The minimum absolute atomic E-state index is 0.251. The lowest BCUT2D eigenvalue weighted by Crippen LogP contribution is -2.12. The molecule has 11 heteroatoms. The molecule has 0 aliphatic carbocycles. The van der Waals surface area contributed by atoms with E-state index in [1.807, 2.05) is 6.92 Å². The number of carbonyl (C=O) groups is 1. The smallest absolute Gasteiger partial charge is 0.360 e. The van der Waals surface area contributed by atoms with E-state index >= 15 is 0 Å². The largest absolute Gasteiger partial charge is 0.362 e. The molecule has 21 heavy (non-hydrogen) atoms. The number of nitro groups is 1. The zero-order valence-electron chi connectivity index (χ0n) is 10.9. The first-order valence-corrected chi connectivity index (χ1v) is 6.20. The summed E-state index contributed by atoms with van der Waals surface area (Å²) in [5.41, 5.74) is 0.127. The zero-order chi connectivity index (χ0) is 15.4. The Morgan fingerprint density at radius 1 is 1.67 bits per heavy atom. The molecule has 2 aromatic rings. The van der Waals surface area contributed by atoms with Gasteiger partial charge in [-0.25, -0.2) is 4.68 Å². The maximum Gasteiger partial charge on any atom is 0.362 e. The molecule has 2 aromatic heterocycles. The van der Waals surface area contributed by atoms with Gasteiger partial charge >= 0.3 is 5.82 Å². The van der Waals surface area contributed by atoms with Crippen LogP contribution < -0.4 is 5.32 Å². The Hall–Kier alpha value is -2.46. The zero-order valence-corrected chi connectivity index (χ0v) is 11.6. The third-order valence-electron chi connectivity index (χ3n) is 2.41. The molecule has 2 N–H and O–H groups in total. The van der Waals surface area contributed by atoms with Crippen molar-refractivity contribution in [2.24, 2.45) is 0 Å². The molecule has 0 aliphatic rings. The molecule has 0 spiro atoms. The van der Waals surface area contributed by atoms with Crippen LogP contribution in [0.15, 0.2) is 12.4 Å². The van der Waals surface area contributed by atoms with Crippen molar-refractivity contribution in [1.82, 2.24) is 20.0 Å². The lowest BCUT2D eigenvalue weighted by atomic mass is 10.4. The molecule has 0 saturated carbocycles. The highest BCUT2D eigenvalue weighted by Gasteiger charge is 2.25. The van der Waals surface area contributed by atoms with Gasteiger partial charge in [-0.05, 0) is 11.8 Å². The Morgan fingerprint density at radius 3 is 3.05 bits per heavy atom. The first-order valence-electron chi connectivity index (χ1n) is 5.82. The molecule has 0 bridgehead atoms. The van der Waals surface area contributed by atoms with Crippen LogP contribution in [0.2, 0.25) is 5.02 Å². The van der Waals surface area contributed by atoms with Crippen LogP contribution in [-0.4, -0.2) is 37.4 Å². The fourth-order valence-corrected chi connectivity index (χ4v) is 1.70. The van der Waals surface area contributed by atoms with Crippen LogP contribution >= 0.6 is 11.6 Å². The van der Waals surface area contributed by atoms with Gasteiger partial charge in [0, 0.05) is 6.61 Å². The number of aromatic amines is 1. The molecule has 2 rings (SSSR count). The molecule has 0 saturated heterocycles. The van der Waals surface area contributed by atoms with E-state index < -0.39 is 16.6 Å². The highest BCUT2D eigenvalue weighted by molar-refractivity contribution is 6.35. The molecule has 112 valence electrons. The first kappa shape index (κ1) is 14.9. The summed E-state index contributed by atoms with van der Waals surface area (Å²) in [5, 5.41) is 22.3. The minimum atomic E-state index is -0.758. The maximum absolute atomic E-state index is 11.9. The molecule has 0 aliphatic heterocycles. The number of rotatable bonds is 6. The van der Waals surface area contributed by atoms with Crippen LogP contribution in [0.3, 0.4) is 0 Å². The number of carbonyl (C=O) groups excluding carboxylic acids is 1. The normalized spacial score (nSPS) is 10.6. The van der Waals surface area contributed by atoms with E-state index in [9.17, 15) is 14.9 Å². The number of nitrogens with one attached hydrogen (secondary N) is 2. The second-order valence-corrected chi connectivity index (χ2v) is 4.21. The third kappa shape index (κ3) is 3.35. The Morgan fingerprint density at radius 2 is 2.43 bits per heavy atom. The topological polar surface area (TPSA) is 128 Å². The second-order valence-electron chi connectivity index (χ2n) is 3.84. The first-order chi connectivity index (χ1) is 10.0. The number of H-pyrrole nitrogens is 1. The molecule has 0 unspecified atom stereocenters. The van der Waals surface area contributed by atoms with Crippen LogP contribution in [0.5, 0.6) is 0 Å². The number of hydrogen-bond donors (Lipinski definition) is 2. The fourth-order valence-electron chi connectivity index (χ4n) is 1.46. The van der Waals surface area contributed by atoms with Crippen molar-refractivity contribution in [2.45, 2.75) is 13.7 Å². The molecule has 0 atom stereocenters. The number of hydrogen-bond acceptors (Lipinski definition) is 6. The maximum atomic E-state index is 11.9. The van der Waals surface area contributed by atoms with E-state index in [2.05, 4.69) is 20.6 Å². The van der Waals surface area contributed by atoms with Crippen LogP contribution in [0, 0.1) is 10.1 Å². The molecule has 0 fully saturated rings. The van der Waals surface area contributed by atoms with Gasteiger partial charge in [-0.2, -0.15) is 5.10 Å². The number of aromatic nitrogens is 4. The van der Waals surface area contributed by atoms with E-state index in [4.69, 9.17) is 16.3 Å². The third-order valence-corrected chi connectivity index (χ3v) is 2.76. The summed E-state index contributed by atoms with van der Waals surface area (Å²) >= 11 is 5.72. The van der Waals surface area contributed by atoms with E-state index in [-0.39, 0.29) is 17.4 Å².